The van der Waals surface area contributed by atoms with Gasteiger partial charge in [0.1, 0.15) is 5.69 Å². The zero-order valence-electron chi connectivity index (χ0n) is 18.7. The minimum absolute atomic E-state index is 0.123. The van der Waals surface area contributed by atoms with Gasteiger partial charge in [-0.1, -0.05) is 18.2 Å². The number of piperidine rings is 1. The lowest BCUT2D eigenvalue weighted by Gasteiger charge is -2.29. The number of benzene rings is 2. The first-order valence-corrected chi connectivity index (χ1v) is 11.3. The van der Waals surface area contributed by atoms with Gasteiger partial charge < -0.3 is 23.4 Å². The molecule has 2 aromatic carbocycles. The van der Waals surface area contributed by atoms with E-state index in [9.17, 15) is 4.79 Å². The number of hydrogen-bond acceptors (Lipinski definition) is 5. The highest BCUT2D eigenvalue weighted by molar-refractivity contribution is 5.97. The summed E-state index contributed by atoms with van der Waals surface area (Å²) in [4.78, 5) is 18.7. The van der Waals surface area contributed by atoms with E-state index >= 15 is 0 Å². The molecule has 4 aromatic rings. The summed E-state index contributed by atoms with van der Waals surface area (Å²) in [6.45, 7) is 3.31. The molecule has 2 aliphatic rings. The fraction of sp³-hybridized carbons (Fsp3) is 0.308. The summed E-state index contributed by atoms with van der Waals surface area (Å²) in [6, 6.07) is 14.2. The van der Waals surface area contributed by atoms with Crippen LogP contribution in [0, 0.1) is 0 Å². The molecule has 2 aromatic heterocycles. The lowest BCUT2D eigenvalue weighted by atomic mass is 9.97. The first kappa shape index (κ1) is 19.9. The van der Waals surface area contributed by atoms with Crippen LogP contribution in [-0.4, -0.2) is 40.2 Å². The van der Waals surface area contributed by atoms with Crippen molar-refractivity contribution in [3.8, 4) is 34.1 Å². The number of rotatable bonds is 3. The molecule has 0 saturated carbocycles. The van der Waals surface area contributed by atoms with E-state index in [4.69, 9.17) is 18.9 Å². The fourth-order valence-corrected chi connectivity index (χ4v) is 4.90. The van der Waals surface area contributed by atoms with Gasteiger partial charge in [0.05, 0.1) is 0 Å². The highest BCUT2D eigenvalue weighted by Gasteiger charge is 2.29. The first-order valence-electron chi connectivity index (χ1n) is 11.3. The highest BCUT2D eigenvalue weighted by atomic mass is 16.7. The Bertz CT molecular complexity index is 1360. The molecule has 1 saturated heterocycles. The van der Waals surface area contributed by atoms with Gasteiger partial charge in [0.25, 0.3) is 0 Å². The summed E-state index contributed by atoms with van der Waals surface area (Å²) in [7, 11) is 2.04. The smallest absolute Gasteiger partial charge is 0.231 e. The van der Waals surface area contributed by atoms with Crippen molar-refractivity contribution >= 4 is 16.8 Å². The number of aryl methyl sites for hydroxylation is 1. The molecule has 0 bridgehead atoms. The zero-order chi connectivity index (χ0) is 22.5. The third-order valence-electron chi connectivity index (χ3n) is 6.72. The number of likely N-dealkylation sites (tertiary alicyclic amines) is 1. The van der Waals surface area contributed by atoms with Crippen molar-refractivity contribution in [2.45, 2.75) is 25.7 Å². The molecule has 33 heavy (non-hydrogen) atoms. The van der Waals surface area contributed by atoms with Gasteiger partial charge in [0, 0.05) is 61.2 Å². The molecule has 7 nitrogen and oxygen atoms in total. The number of oxazole rings is 1. The molecule has 0 atom stereocenters. The van der Waals surface area contributed by atoms with E-state index in [-0.39, 0.29) is 18.6 Å². The molecule has 0 unspecified atom stereocenters. The van der Waals surface area contributed by atoms with Crippen LogP contribution >= 0.6 is 0 Å². The number of amides is 1. The summed E-state index contributed by atoms with van der Waals surface area (Å²) in [5.41, 5.74) is 3.88. The Morgan fingerprint density at radius 1 is 1.06 bits per heavy atom. The summed E-state index contributed by atoms with van der Waals surface area (Å²) in [5, 5.41) is 1.12. The van der Waals surface area contributed by atoms with Crippen LogP contribution in [0.5, 0.6) is 11.5 Å². The predicted octanol–water partition coefficient (Wildman–Crippen LogP) is 4.95. The number of aromatic nitrogens is 2. The average Bonchev–Trinajstić information content (AvgIpc) is 3.56. The van der Waals surface area contributed by atoms with E-state index in [0.29, 0.717) is 0 Å². The Balaban J connectivity index is 1.47. The second-order valence-corrected chi connectivity index (χ2v) is 8.75. The number of carbonyl (C=O) groups is 1. The van der Waals surface area contributed by atoms with Gasteiger partial charge in [-0.25, -0.2) is 4.98 Å². The maximum Gasteiger partial charge on any atom is 0.231 e. The number of hydrogen-bond donors (Lipinski definition) is 0. The number of fused-ring (bicyclic) bond motifs is 2. The van der Waals surface area contributed by atoms with Crippen molar-refractivity contribution < 1.29 is 18.7 Å². The molecule has 2 aliphatic heterocycles. The fourth-order valence-electron chi connectivity index (χ4n) is 4.90. The van der Waals surface area contributed by atoms with Crippen LogP contribution in [0.1, 0.15) is 31.6 Å². The summed E-state index contributed by atoms with van der Waals surface area (Å²) < 4.78 is 19.8. The van der Waals surface area contributed by atoms with Crippen LogP contribution in [0.4, 0.5) is 0 Å². The standard InChI is InChI=1S/C26H25N3O4/c1-16(30)29-11-9-17(10-12-29)26-27-24(18-7-8-22-23(13-18)32-15-31-22)25(33-26)20-14-28(2)21-6-4-3-5-19(20)21/h3-8,13-14,17H,9-12,15H2,1-2H3. The van der Waals surface area contributed by atoms with Crippen molar-refractivity contribution in [3.05, 3.63) is 54.6 Å². The molecule has 1 fully saturated rings. The normalized spacial score (nSPS) is 16.0. The van der Waals surface area contributed by atoms with Gasteiger partial charge in [0.2, 0.25) is 12.7 Å². The van der Waals surface area contributed by atoms with Gasteiger partial charge in [0.15, 0.2) is 23.1 Å². The van der Waals surface area contributed by atoms with Gasteiger partial charge in [-0.05, 0) is 37.1 Å². The minimum Gasteiger partial charge on any atom is -0.454 e. The molecule has 1 amide bonds. The minimum atomic E-state index is 0.123. The number of nitrogens with zero attached hydrogens (tertiary/aromatic N) is 3. The molecule has 0 N–H and O–H groups in total. The van der Waals surface area contributed by atoms with Crippen molar-refractivity contribution in [1.82, 2.24) is 14.5 Å². The SMILES string of the molecule is CC(=O)N1CCC(c2nc(-c3ccc4c(c3)OCO4)c(-c3cn(C)c4ccccc34)o2)CC1. The Kier molecular flexibility index (Phi) is 4.64. The predicted molar refractivity (Wildman–Crippen MR) is 124 cm³/mol. The Morgan fingerprint density at radius 2 is 1.85 bits per heavy atom. The maximum atomic E-state index is 11.8. The summed E-state index contributed by atoms with van der Waals surface area (Å²) in [5.74, 6) is 3.25. The molecule has 0 radical (unpaired) electrons. The van der Waals surface area contributed by atoms with Crippen LogP contribution in [0.3, 0.4) is 0 Å². The van der Waals surface area contributed by atoms with Crippen molar-refractivity contribution in [2.75, 3.05) is 19.9 Å². The first-order chi connectivity index (χ1) is 16.1. The lowest BCUT2D eigenvalue weighted by Crippen LogP contribution is -2.36. The van der Waals surface area contributed by atoms with Crippen LogP contribution in [0.25, 0.3) is 33.5 Å². The average molecular weight is 444 g/mol. The second kappa shape index (κ2) is 7.69. The second-order valence-electron chi connectivity index (χ2n) is 8.75. The monoisotopic (exact) mass is 443 g/mol. The van der Waals surface area contributed by atoms with Crippen LogP contribution in [0.15, 0.2) is 53.1 Å². The van der Waals surface area contributed by atoms with E-state index in [0.717, 1.165) is 76.8 Å². The molecule has 4 heterocycles. The van der Waals surface area contributed by atoms with E-state index in [1.807, 2.05) is 42.3 Å². The number of ether oxygens (including phenoxy) is 2. The van der Waals surface area contributed by atoms with Crippen molar-refractivity contribution in [3.63, 3.8) is 0 Å². The van der Waals surface area contributed by atoms with Gasteiger partial charge in [-0.3, -0.25) is 4.79 Å². The Labute approximate surface area is 191 Å². The van der Waals surface area contributed by atoms with Crippen LogP contribution < -0.4 is 9.47 Å². The van der Waals surface area contributed by atoms with E-state index in [1.54, 1.807) is 6.92 Å². The quantitative estimate of drug-likeness (QED) is 0.448. The molecule has 0 aliphatic carbocycles. The van der Waals surface area contributed by atoms with Crippen molar-refractivity contribution in [1.29, 1.82) is 0 Å². The van der Waals surface area contributed by atoms with E-state index < -0.39 is 0 Å². The largest absolute Gasteiger partial charge is 0.454 e. The zero-order valence-corrected chi connectivity index (χ0v) is 18.7. The van der Waals surface area contributed by atoms with Gasteiger partial charge in [-0.15, -0.1) is 0 Å². The third kappa shape index (κ3) is 3.35. The number of carbonyl (C=O) groups excluding carboxylic acids is 1. The molecule has 0 spiro atoms. The third-order valence-corrected chi connectivity index (χ3v) is 6.72. The molecule has 168 valence electrons. The summed E-state index contributed by atoms with van der Waals surface area (Å²) >= 11 is 0. The molecule has 7 heteroatoms. The highest BCUT2D eigenvalue weighted by Crippen LogP contribution is 2.43. The van der Waals surface area contributed by atoms with Gasteiger partial charge >= 0.3 is 0 Å². The Morgan fingerprint density at radius 3 is 2.67 bits per heavy atom. The van der Waals surface area contributed by atoms with E-state index in [2.05, 4.69) is 22.9 Å². The molecular weight excluding hydrogens is 418 g/mol. The number of para-hydroxylation sites is 1. The van der Waals surface area contributed by atoms with Crippen LogP contribution in [0.2, 0.25) is 0 Å². The topological polar surface area (TPSA) is 69.7 Å². The van der Waals surface area contributed by atoms with Crippen LogP contribution in [-0.2, 0) is 11.8 Å². The van der Waals surface area contributed by atoms with Crippen molar-refractivity contribution in [2.24, 2.45) is 7.05 Å². The molecule has 6 rings (SSSR count). The lowest BCUT2D eigenvalue weighted by molar-refractivity contribution is -0.129. The van der Waals surface area contributed by atoms with Gasteiger partial charge in [-0.2, -0.15) is 0 Å². The molecular formula is C26H25N3O4. The Hall–Kier alpha value is -3.74. The maximum absolute atomic E-state index is 11.8. The summed E-state index contributed by atoms with van der Waals surface area (Å²) in [6.07, 6.45) is 3.79. The van der Waals surface area contributed by atoms with E-state index in [1.165, 1.54) is 0 Å².